The Morgan fingerprint density at radius 1 is 0.654 bits per heavy atom. The molecule has 2 amide bonds. The SMILES string of the molecule is O=C(CCc1ccc(NC(=O)c2ccccc2-c2ccc(C(F)(F)F)cc2)cc1)OCC1(C(=O)NCC(F)(F)F)c2ccccc2-c2ccccc21. The van der Waals surface area contributed by atoms with Crippen molar-refractivity contribution in [2.75, 3.05) is 18.5 Å². The van der Waals surface area contributed by atoms with Crippen molar-refractivity contribution >= 4 is 23.5 Å². The van der Waals surface area contributed by atoms with Crippen molar-refractivity contribution in [3.63, 3.8) is 0 Å². The number of aryl methyl sites for hydroxylation is 1. The van der Waals surface area contributed by atoms with Crippen molar-refractivity contribution < 1.29 is 45.5 Å². The minimum absolute atomic E-state index is 0.101. The largest absolute Gasteiger partial charge is 0.464 e. The highest BCUT2D eigenvalue weighted by Gasteiger charge is 2.51. The van der Waals surface area contributed by atoms with E-state index in [0.29, 0.717) is 44.6 Å². The highest BCUT2D eigenvalue weighted by atomic mass is 19.4. The fourth-order valence-corrected chi connectivity index (χ4v) is 6.35. The molecule has 1 aliphatic rings. The maximum Gasteiger partial charge on any atom is 0.416 e. The first-order valence-electron chi connectivity index (χ1n) is 16.1. The van der Waals surface area contributed by atoms with Gasteiger partial charge in [0.15, 0.2) is 0 Å². The highest BCUT2D eigenvalue weighted by molar-refractivity contribution is 6.08. The van der Waals surface area contributed by atoms with E-state index in [9.17, 15) is 40.7 Å². The van der Waals surface area contributed by atoms with Crippen molar-refractivity contribution in [2.45, 2.75) is 30.6 Å². The lowest BCUT2D eigenvalue weighted by atomic mass is 9.78. The van der Waals surface area contributed by atoms with E-state index in [0.717, 1.165) is 12.1 Å². The summed E-state index contributed by atoms with van der Waals surface area (Å²) in [5.74, 6) is -2.08. The van der Waals surface area contributed by atoms with E-state index in [1.54, 1.807) is 97.1 Å². The van der Waals surface area contributed by atoms with Gasteiger partial charge in [0.05, 0.1) is 5.56 Å². The third-order valence-electron chi connectivity index (χ3n) is 8.88. The Labute approximate surface area is 294 Å². The number of hydrogen-bond acceptors (Lipinski definition) is 4. The summed E-state index contributed by atoms with van der Waals surface area (Å²) in [7, 11) is 0. The zero-order valence-electron chi connectivity index (χ0n) is 27.3. The summed E-state index contributed by atoms with van der Waals surface area (Å²) in [6.45, 7) is -2.06. The Balaban J connectivity index is 1.11. The van der Waals surface area contributed by atoms with E-state index in [1.807, 2.05) is 5.32 Å². The maximum absolute atomic E-state index is 13.6. The summed E-state index contributed by atoms with van der Waals surface area (Å²) in [5, 5.41) is 4.77. The van der Waals surface area contributed by atoms with Gasteiger partial charge in [-0.05, 0) is 75.7 Å². The quantitative estimate of drug-likeness (QED) is 0.112. The van der Waals surface area contributed by atoms with Crippen LogP contribution in [-0.2, 0) is 32.3 Å². The first-order chi connectivity index (χ1) is 24.8. The van der Waals surface area contributed by atoms with E-state index < -0.39 is 54.3 Å². The molecule has 0 saturated carbocycles. The highest BCUT2D eigenvalue weighted by Crippen LogP contribution is 2.49. The Hall–Kier alpha value is -5.91. The van der Waals surface area contributed by atoms with Gasteiger partial charge in [-0.3, -0.25) is 14.4 Å². The average Bonchev–Trinajstić information content (AvgIpc) is 3.42. The number of carbonyl (C=O) groups is 3. The van der Waals surface area contributed by atoms with Crippen LogP contribution >= 0.6 is 0 Å². The number of carbonyl (C=O) groups excluding carboxylic acids is 3. The van der Waals surface area contributed by atoms with Gasteiger partial charge in [-0.1, -0.05) is 91.0 Å². The lowest BCUT2D eigenvalue weighted by Gasteiger charge is -2.30. The molecule has 0 aliphatic heterocycles. The van der Waals surface area contributed by atoms with E-state index in [-0.39, 0.29) is 18.4 Å². The van der Waals surface area contributed by atoms with Crippen LogP contribution in [0.5, 0.6) is 0 Å². The molecule has 0 saturated heterocycles. The number of amides is 2. The van der Waals surface area contributed by atoms with E-state index >= 15 is 0 Å². The van der Waals surface area contributed by atoms with Gasteiger partial charge >= 0.3 is 18.3 Å². The Bertz CT molecular complexity index is 2060. The first kappa shape index (κ1) is 35.9. The lowest BCUT2D eigenvalue weighted by Crippen LogP contribution is -2.50. The molecule has 5 aromatic carbocycles. The summed E-state index contributed by atoms with van der Waals surface area (Å²) in [4.78, 5) is 39.8. The molecule has 0 spiro atoms. The number of alkyl halides is 6. The molecule has 0 radical (unpaired) electrons. The molecule has 0 aromatic heterocycles. The number of ether oxygens (including phenoxy) is 1. The number of halogens is 6. The smallest absolute Gasteiger partial charge is 0.416 e. The van der Waals surface area contributed by atoms with Gasteiger partial charge in [0.2, 0.25) is 5.91 Å². The third-order valence-corrected chi connectivity index (χ3v) is 8.88. The van der Waals surface area contributed by atoms with E-state index in [1.165, 1.54) is 12.1 Å². The number of anilines is 1. The summed E-state index contributed by atoms with van der Waals surface area (Å²) in [6.07, 6.45) is -9.01. The van der Waals surface area contributed by atoms with Gasteiger partial charge in [0.25, 0.3) is 5.91 Å². The molecule has 12 heteroatoms. The van der Waals surface area contributed by atoms with Crippen molar-refractivity contribution in [3.8, 4) is 22.3 Å². The molecular weight excluding hydrogens is 686 g/mol. The standard InChI is InChI=1S/C40H30F6N2O4/c41-39(42,43)23-47-37(51)38(33-11-5-3-8-30(33)31-9-4-6-12-34(31)38)24-52-35(49)22-15-25-13-20-28(21-14-25)48-36(50)32-10-2-1-7-29(32)26-16-18-27(19-17-26)40(44,45)46/h1-14,16-21H,15,22-24H2,(H,47,51)(H,48,50). The van der Waals surface area contributed by atoms with Crippen LogP contribution in [0.1, 0.15) is 39.0 Å². The monoisotopic (exact) mass is 716 g/mol. The van der Waals surface area contributed by atoms with Gasteiger partial charge in [0, 0.05) is 17.7 Å². The minimum atomic E-state index is -4.65. The number of esters is 1. The zero-order chi connectivity index (χ0) is 37.1. The normalized spacial score (nSPS) is 13.1. The second-order valence-electron chi connectivity index (χ2n) is 12.2. The summed E-state index contributed by atoms with van der Waals surface area (Å²) in [6, 6.07) is 31.4. The fourth-order valence-electron chi connectivity index (χ4n) is 6.35. The van der Waals surface area contributed by atoms with Crippen LogP contribution in [0.3, 0.4) is 0 Å². The molecule has 0 heterocycles. The van der Waals surface area contributed by atoms with Crippen molar-refractivity contribution in [1.29, 1.82) is 0 Å². The summed E-state index contributed by atoms with van der Waals surface area (Å²) >= 11 is 0. The Morgan fingerprint density at radius 3 is 1.79 bits per heavy atom. The molecular formula is C40H30F6N2O4. The molecule has 5 aromatic rings. The molecule has 6 nitrogen and oxygen atoms in total. The molecule has 2 N–H and O–H groups in total. The Morgan fingerprint density at radius 2 is 1.21 bits per heavy atom. The molecule has 0 fully saturated rings. The van der Waals surface area contributed by atoms with Gasteiger partial charge in [-0.2, -0.15) is 26.3 Å². The molecule has 6 rings (SSSR count). The third kappa shape index (κ3) is 7.56. The van der Waals surface area contributed by atoms with Crippen LogP contribution in [-0.4, -0.2) is 37.1 Å². The van der Waals surface area contributed by atoms with Gasteiger partial charge < -0.3 is 15.4 Å². The van der Waals surface area contributed by atoms with Crippen LogP contribution in [0.15, 0.2) is 121 Å². The first-order valence-corrected chi connectivity index (χ1v) is 16.1. The van der Waals surface area contributed by atoms with E-state index in [4.69, 9.17) is 4.74 Å². The van der Waals surface area contributed by atoms with E-state index in [2.05, 4.69) is 5.32 Å². The number of nitrogens with one attached hydrogen (secondary N) is 2. The predicted molar refractivity (Wildman–Crippen MR) is 182 cm³/mol. The summed E-state index contributed by atoms with van der Waals surface area (Å²) < 4.78 is 84.1. The molecule has 1 aliphatic carbocycles. The molecule has 0 unspecified atom stereocenters. The number of rotatable bonds is 10. The maximum atomic E-state index is 13.6. The number of benzene rings is 5. The Kier molecular flexibility index (Phi) is 9.92. The molecule has 266 valence electrons. The van der Waals surface area contributed by atoms with Gasteiger partial charge in [-0.25, -0.2) is 0 Å². The second kappa shape index (κ2) is 14.4. The summed E-state index contributed by atoms with van der Waals surface area (Å²) in [5.41, 5.74) is 1.99. The second-order valence-corrected chi connectivity index (χ2v) is 12.2. The fraction of sp³-hybridized carbons (Fsp3) is 0.175. The lowest BCUT2D eigenvalue weighted by molar-refractivity contribution is -0.149. The topological polar surface area (TPSA) is 84.5 Å². The van der Waals surface area contributed by atoms with Crippen LogP contribution in [0.4, 0.5) is 32.0 Å². The number of hydrogen-bond donors (Lipinski definition) is 2. The molecule has 52 heavy (non-hydrogen) atoms. The van der Waals surface area contributed by atoms with Crippen LogP contribution in [0.25, 0.3) is 22.3 Å². The van der Waals surface area contributed by atoms with Crippen molar-refractivity contribution in [1.82, 2.24) is 5.32 Å². The van der Waals surface area contributed by atoms with Crippen LogP contribution in [0, 0.1) is 0 Å². The molecule has 0 bridgehead atoms. The van der Waals surface area contributed by atoms with Crippen LogP contribution < -0.4 is 10.6 Å². The predicted octanol–water partition coefficient (Wildman–Crippen LogP) is 8.75. The zero-order valence-corrected chi connectivity index (χ0v) is 27.3. The average molecular weight is 717 g/mol. The van der Waals surface area contributed by atoms with Gasteiger partial charge in [0.1, 0.15) is 18.6 Å². The number of fused-ring (bicyclic) bond motifs is 3. The minimum Gasteiger partial charge on any atom is -0.464 e. The van der Waals surface area contributed by atoms with Gasteiger partial charge in [-0.15, -0.1) is 0 Å². The van der Waals surface area contributed by atoms with Crippen molar-refractivity contribution in [3.05, 3.63) is 149 Å². The van der Waals surface area contributed by atoms with Crippen LogP contribution in [0.2, 0.25) is 0 Å². The van der Waals surface area contributed by atoms with Crippen molar-refractivity contribution in [2.24, 2.45) is 0 Å². The molecule has 0 atom stereocenters.